The molecule has 8 heteroatoms. The molecule has 2 N–H and O–H groups in total. The van der Waals surface area contributed by atoms with E-state index < -0.39 is 29.6 Å². The molecule has 3 heterocycles. The van der Waals surface area contributed by atoms with Gasteiger partial charge >= 0.3 is 0 Å². The molecule has 3 aliphatic heterocycles. The summed E-state index contributed by atoms with van der Waals surface area (Å²) >= 11 is 0. The summed E-state index contributed by atoms with van der Waals surface area (Å²) in [5.41, 5.74) is 1.44. The van der Waals surface area contributed by atoms with Gasteiger partial charge < -0.3 is 25.0 Å². The number of benzene rings is 2. The number of carbonyl (C=O) groups is 3. The summed E-state index contributed by atoms with van der Waals surface area (Å²) in [6, 6.07) is 14.5. The van der Waals surface area contributed by atoms with Crippen LogP contribution >= 0.6 is 0 Å². The van der Waals surface area contributed by atoms with E-state index in [1.165, 1.54) is 12.0 Å². The van der Waals surface area contributed by atoms with E-state index in [1.54, 1.807) is 12.0 Å². The lowest BCUT2D eigenvalue weighted by molar-refractivity contribution is -0.142. The van der Waals surface area contributed by atoms with Crippen molar-refractivity contribution in [2.24, 2.45) is 11.8 Å². The Bertz CT molecular complexity index is 1350. The average Bonchev–Trinajstić information content (AvgIpc) is 3.61. The SMILES string of the molecule is COc1ccccc1CN1C(=O)[C@H]2C(C(=O)Nc3ccc(C(C)C)cc3)[C@H]3C=CC2(O3)C1C(=O)NC1CCCCC1. The summed E-state index contributed by atoms with van der Waals surface area (Å²) < 4.78 is 12.1. The van der Waals surface area contributed by atoms with Crippen molar-refractivity contribution in [3.63, 3.8) is 0 Å². The molecule has 5 atom stereocenters. The van der Waals surface area contributed by atoms with Crippen molar-refractivity contribution in [3.05, 3.63) is 71.8 Å². The number of likely N-dealkylation sites (tertiary alicyclic amines) is 1. The van der Waals surface area contributed by atoms with Gasteiger partial charge in [-0.25, -0.2) is 0 Å². The number of nitrogens with zero attached hydrogens (tertiary/aromatic N) is 1. The van der Waals surface area contributed by atoms with Gasteiger partial charge in [-0.1, -0.05) is 75.6 Å². The van der Waals surface area contributed by atoms with Crippen LogP contribution in [0.5, 0.6) is 5.75 Å². The molecule has 3 fully saturated rings. The Labute approximate surface area is 241 Å². The highest BCUT2D eigenvalue weighted by Gasteiger charge is 2.72. The van der Waals surface area contributed by atoms with Crippen LogP contribution in [0, 0.1) is 11.8 Å². The molecule has 2 saturated heterocycles. The highest BCUT2D eigenvalue weighted by atomic mass is 16.5. The minimum absolute atomic E-state index is 0.0744. The Kier molecular flexibility index (Phi) is 7.36. The molecule has 1 saturated carbocycles. The molecule has 41 heavy (non-hydrogen) atoms. The lowest BCUT2D eigenvalue weighted by atomic mass is 9.74. The van der Waals surface area contributed by atoms with Crippen molar-refractivity contribution in [2.45, 2.75) is 82.2 Å². The van der Waals surface area contributed by atoms with E-state index >= 15 is 0 Å². The number of anilines is 1. The van der Waals surface area contributed by atoms with Gasteiger partial charge in [0.15, 0.2) is 0 Å². The molecule has 6 rings (SSSR count). The third-order valence-electron chi connectivity index (χ3n) is 9.25. The fraction of sp³-hybridized carbons (Fsp3) is 0.485. The number of amides is 3. The first kappa shape index (κ1) is 27.5. The molecule has 216 valence electrons. The highest BCUT2D eigenvalue weighted by Crippen LogP contribution is 2.55. The van der Waals surface area contributed by atoms with Crippen molar-refractivity contribution in [1.82, 2.24) is 10.2 Å². The van der Waals surface area contributed by atoms with Gasteiger partial charge in [0, 0.05) is 17.3 Å². The van der Waals surface area contributed by atoms with Gasteiger partial charge in [-0.3, -0.25) is 14.4 Å². The normalized spacial score (nSPS) is 28.7. The summed E-state index contributed by atoms with van der Waals surface area (Å²) in [5, 5.41) is 6.25. The van der Waals surface area contributed by atoms with Gasteiger partial charge in [-0.2, -0.15) is 0 Å². The Hall–Kier alpha value is -3.65. The van der Waals surface area contributed by atoms with Crippen molar-refractivity contribution < 1.29 is 23.9 Å². The van der Waals surface area contributed by atoms with Gasteiger partial charge in [0.2, 0.25) is 17.7 Å². The lowest BCUT2D eigenvalue weighted by Gasteiger charge is -2.34. The zero-order chi connectivity index (χ0) is 28.7. The monoisotopic (exact) mass is 557 g/mol. The predicted molar refractivity (Wildman–Crippen MR) is 155 cm³/mol. The number of ether oxygens (including phenoxy) is 2. The summed E-state index contributed by atoms with van der Waals surface area (Å²) in [5.74, 6) is -1.27. The van der Waals surface area contributed by atoms with E-state index in [0.717, 1.165) is 31.2 Å². The second-order valence-corrected chi connectivity index (χ2v) is 12.1. The first-order valence-corrected chi connectivity index (χ1v) is 14.8. The molecule has 3 unspecified atom stereocenters. The molecule has 1 spiro atoms. The topological polar surface area (TPSA) is 97.0 Å². The molecule has 0 aromatic heterocycles. The standard InChI is InChI=1S/C33H39N3O5/c1-20(2)21-13-15-24(16-14-21)34-30(37)27-26-17-18-33(41-26)28(27)32(39)36(19-22-9-7-8-12-25(22)40-3)29(33)31(38)35-23-10-5-4-6-11-23/h7-9,12-18,20,23,26-29H,4-6,10-11,19H2,1-3H3,(H,34,37)(H,35,38)/t26-,27?,28-,29?,33?/m1/s1. The predicted octanol–water partition coefficient (Wildman–Crippen LogP) is 4.56. The minimum atomic E-state index is -1.20. The summed E-state index contributed by atoms with van der Waals surface area (Å²) in [6.07, 6.45) is 8.31. The molecule has 1 aliphatic carbocycles. The van der Waals surface area contributed by atoms with Crippen molar-refractivity contribution >= 4 is 23.4 Å². The molecule has 2 bridgehead atoms. The summed E-state index contributed by atoms with van der Waals surface area (Å²) in [4.78, 5) is 43.7. The zero-order valence-corrected chi connectivity index (χ0v) is 24.0. The summed E-state index contributed by atoms with van der Waals surface area (Å²) in [6.45, 7) is 4.42. The second kappa shape index (κ2) is 11.0. The molecular formula is C33H39N3O5. The van der Waals surface area contributed by atoms with Crippen molar-refractivity contribution in [2.75, 3.05) is 12.4 Å². The van der Waals surface area contributed by atoms with E-state index in [0.29, 0.717) is 17.4 Å². The largest absolute Gasteiger partial charge is 0.496 e. The molecule has 0 radical (unpaired) electrons. The fourth-order valence-corrected chi connectivity index (χ4v) is 7.16. The number of hydrogen-bond donors (Lipinski definition) is 2. The van der Waals surface area contributed by atoms with E-state index in [2.05, 4.69) is 24.5 Å². The van der Waals surface area contributed by atoms with Gasteiger partial charge in [0.05, 0.1) is 31.6 Å². The number of methoxy groups -OCH3 is 1. The average molecular weight is 558 g/mol. The minimum Gasteiger partial charge on any atom is -0.496 e. The van der Waals surface area contributed by atoms with Crippen LogP contribution in [0.2, 0.25) is 0 Å². The van der Waals surface area contributed by atoms with Crippen molar-refractivity contribution in [3.8, 4) is 5.75 Å². The fourth-order valence-electron chi connectivity index (χ4n) is 7.16. The van der Waals surface area contributed by atoms with Crippen LogP contribution in [-0.2, 0) is 25.7 Å². The van der Waals surface area contributed by atoms with Gasteiger partial charge in [0.25, 0.3) is 0 Å². The quantitative estimate of drug-likeness (QED) is 0.464. The van der Waals surface area contributed by atoms with E-state index in [-0.39, 0.29) is 30.3 Å². The Morgan fingerprint density at radius 3 is 2.49 bits per heavy atom. The van der Waals surface area contributed by atoms with Crippen LogP contribution in [0.3, 0.4) is 0 Å². The zero-order valence-electron chi connectivity index (χ0n) is 24.0. The van der Waals surface area contributed by atoms with Crippen molar-refractivity contribution in [1.29, 1.82) is 0 Å². The van der Waals surface area contributed by atoms with Crippen LogP contribution in [-0.4, -0.2) is 53.5 Å². The van der Waals surface area contributed by atoms with Crippen LogP contribution in [0.4, 0.5) is 5.69 Å². The summed E-state index contributed by atoms with van der Waals surface area (Å²) in [7, 11) is 1.59. The number of fused-ring (bicyclic) bond motifs is 1. The van der Waals surface area contributed by atoms with Crippen LogP contribution in [0.25, 0.3) is 0 Å². The number of para-hydroxylation sites is 1. The molecule has 3 amide bonds. The molecule has 8 nitrogen and oxygen atoms in total. The highest BCUT2D eigenvalue weighted by molar-refractivity contribution is 6.02. The van der Waals surface area contributed by atoms with Crippen LogP contribution < -0.4 is 15.4 Å². The third kappa shape index (κ3) is 4.82. The number of carbonyl (C=O) groups excluding carboxylic acids is 3. The second-order valence-electron chi connectivity index (χ2n) is 12.1. The molecule has 2 aromatic rings. The number of rotatable bonds is 8. The smallest absolute Gasteiger partial charge is 0.246 e. The Morgan fingerprint density at radius 2 is 1.78 bits per heavy atom. The van der Waals surface area contributed by atoms with Crippen LogP contribution in [0.1, 0.15) is 63.0 Å². The first-order valence-electron chi connectivity index (χ1n) is 14.8. The molecule has 4 aliphatic rings. The molecular weight excluding hydrogens is 518 g/mol. The first-order chi connectivity index (χ1) is 19.8. The van der Waals surface area contributed by atoms with Crippen LogP contribution in [0.15, 0.2) is 60.7 Å². The van der Waals surface area contributed by atoms with E-state index in [4.69, 9.17) is 9.47 Å². The maximum atomic E-state index is 14.3. The number of hydrogen-bond acceptors (Lipinski definition) is 5. The van der Waals surface area contributed by atoms with Gasteiger partial charge in [0.1, 0.15) is 17.4 Å². The maximum absolute atomic E-state index is 14.3. The maximum Gasteiger partial charge on any atom is 0.246 e. The van der Waals surface area contributed by atoms with Gasteiger partial charge in [-0.05, 0) is 42.5 Å². The Balaban J connectivity index is 1.31. The lowest BCUT2D eigenvalue weighted by Crippen LogP contribution is -2.56. The van der Waals surface area contributed by atoms with E-state index in [9.17, 15) is 14.4 Å². The third-order valence-corrected chi connectivity index (χ3v) is 9.25. The number of nitrogens with one attached hydrogen (secondary N) is 2. The van der Waals surface area contributed by atoms with E-state index in [1.807, 2.05) is 60.7 Å². The van der Waals surface area contributed by atoms with Gasteiger partial charge in [-0.15, -0.1) is 0 Å². The molecule has 2 aromatic carbocycles. The Morgan fingerprint density at radius 1 is 1.05 bits per heavy atom.